The smallest absolute Gasteiger partial charge is 0.242 e. The summed E-state index contributed by atoms with van der Waals surface area (Å²) in [5.41, 5.74) is 1.81. The third kappa shape index (κ3) is 4.67. The maximum atomic E-state index is 12.5. The Morgan fingerprint density at radius 1 is 1.38 bits per heavy atom. The van der Waals surface area contributed by atoms with Crippen LogP contribution in [-0.4, -0.2) is 28.6 Å². The Hall–Kier alpha value is -2.15. The standard InChI is InChI=1S/C17H24N4O2S/c1-5-14(19-12-7-6-8-13(9-12)23-4)17(22)18-10-15-16(11(2)3)20-21-24-15/h6-9,11,14,19H,5,10H2,1-4H3,(H,18,22)/t14-/m0/s1. The van der Waals surface area contributed by atoms with E-state index in [4.69, 9.17) is 4.74 Å². The van der Waals surface area contributed by atoms with Crippen molar-refractivity contribution in [2.24, 2.45) is 0 Å². The maximum Gasteiger partial charge on any atom is 0.242 e. The average molecular weight is 348 g/mol. The highest BCUT2D eigenvalue weighted by Crippen LogP contribution is 2.20. The molecule has 1 heterocycles. The Morgan fingerprint density at radius 2 is 2.17 bits per heavy atom. The van der Waals surface area contributed by atoms with E-state index in [0.29, 0.717) is 18.9 Å². The summed E-state index contributed by atoms with van der Waals surface area (Å²) in [5.74, 6) is 1.02. The highest BCUT2D eigenvalue weighted by Gasteiger charge is 2.18. The van der Waals surface area contributed by atoms with Crippen LogP contribution in [0.15, 0.2) is 24.3 Å². The number of hydrogen-bond acceptors (Lipinski definition) is 6. The Labute approximate surface area is 146 Å². The van der Waals surface area contributed by atoms with Crippen LogP contribution in [0.5, 0.6) is 5.75 Å². The van der Waals surface area contributed by atoms with E-state index in [2.05, 4.69) is 34.1 Å². The lowest BCUT2D eigenvalue weighted by molar-refractivity contribution is -0.122. The number of nitrogens with one attached hydrogen (secondary N) is 2. The summed E-state index contributed by atoms with van der Waals surface area (Å²) >= 11 is 1.34. The SMILES string of the molecule is CC[C@H](Nc1cccc(OC)c1)C(=O)NCc1snnc1C(C)C. The predicted octanol–water partition coefficient (Wildman–Crippen LogP) is 3.18. The van der Waals surface area contributed by atoms with Gasteiger partial charge in [-0.1, -0.05) is 31.3 Å². The fourth-order valence-electron chi connectivity index (χ4n) is 2.33. The van der Waals surface area contributed by atoms with Crippen LogP contribution in [0.3, 0.4) is 0 Å². The van der Waals surface area contributed by atoms with Gasteiger partial charge in [-0.3, -0.25) is 4.79 Å². The molecule has 24 heavy (non-hydrogen) atoms. The lowest BCUT2D eigenvalue weighted by Gasteiger charge is -2.18. The van der Waals surface area contributed by atoms with Gasteiger partial charge < -0.3 is 15.4 Å². The molecule has 0 radical (unpaired) electrons. The van der Waals surface area contributed by atoms with Crippen LogP contribution in [0.25, 0.3) is 0 Å². The van der Waals surface area contributed by atoms with E-state index in [-0.39, 0.29) is 11.9 Å². The molecule has 0 aliphatic rings. The Kier molecular flexibility index (Phi) is 6.54. The molecule has 0 aliphatic heterocycles. The van der Waals surface area contributed by atoms with Crippen molar-refractivity contribution in [3.63, 3.8) is 0 Å². The molecule has 0 saturated carbocycles. The van der Waals surface area contributed by atoms with Gasteiger partial charge in [-0.15, -0.1) is 5.10 Å². The first-order valence-electron chi connectivity index (χ1n) is 8.04. The average Bonchev–Trinajstić information content (AvgIpc) is 3.06. The number of methoxy groups -OCH3 is 1. The van der Waals surface area contributed by atoms with Gasteiger partial charge in [0.15, 0.2) is 0 Å². The van der Waals surface area contributed by atoms with E-state index >= 15 is 0 Å². The molecule has 0 unspecified atom stereocenters. The van der Waals surface area contributed by atoms with E-state index in [0.717, 1.165) is 22.0 Å². The summed E-state index contributed by atoms with van der Waals surface area (Å²) in [6, 6.07) is 7.25. The predicted molar refractivity (Wildman–Crippen MR) is 96.5 cm³/mol. The Balaban J connectivity index is 1.97. The van der Waals surface area contributed by atoms with Crippen LogP contribution in [0, 0.1) is 0 Å². The highest BCUT2D eigenvalue weighted by atomic mass is 32.1. The zero-order chi connectivity index (χ0) is 17.5. The van der Waals surface area contributed by atoms with Crippen molar-refractivity contribution in [2.45, 2.75) is 45.7 Å². The maximum absolute atomic E-state index is 12.5. The Bertz CT molecular complexity index is 672. The summed E-state index contributed by atoms with van der Waals surface area (Å²) in [6.07, 6.45) is 0.682. The zero-order valence-electron chi connectivity index (χ0n) is 14.5. The largest absolute Gasteiger partial charge is 0.497 e. The van der Waals surface area contributed by atoms with E-state index in [1.54, 1.807) is 7.11 Å². The number of amides is 1. The molecular formula is C17H24N4O2S. The topological polar surface area (TPSA) is 76.1 Å². The number of carbonyl (C=O) groups excluding carboxylic acids is 1. The van der Waals surface area contributed by atoms with Gasteiger partial charge in [0.05, 0.1) is 24.2 Å². The minimum absolute atomic E-state index is 0.0385. The van der Waals surface area contributed by atoms with Gasteiger partial charge in [0, 0.05) is 11.8 Å². The molecule has 130 valence electrons. The van der Waals surface area contributed by atoms with Crippen molar-refractivity contribution in [1.29, 1.82) is 0 Å². The number of carbonyl (C=O) groups is 1. The van der Waals surface area contributed by atoms with Gasteiger partial charge in [0.1, 0.15) is 11.8 Å². The van der Waals surface area contributed by atoms with Crippen molar-refractivity contribution in [3.05, 3.63) is 34.8 Å². The summed E-state index contributed by atoms with van der Waals surface area (Å²) in [4.78, 5) is 13.5. The highest BCUT2D eigenvalue weighted by molar-refractivity contribution is 7.05. The van der Waals surface area contributed by atoms with E-state index < -0.39 is 0 Å². The first-order valence-corrected chi connectivity index (χ1v) is 8.81. The Morgan fingerprint density at radius 3 is 2.83 bits per heavy atom. The second kappa shape index (κ2) is 8.63. The molecule has 7 heteroatoms. The monoisotopic (exact) mass is 348 g/mol. The molecule has 0 fully saturated rings. The zero-order valence-corrected chi connectivity index (χ0v) is 15.3. The molecule has 2 rings (SSSR count). The van der Waals surface area contributed by atoms with Crippen LogP contribution in [0.2, 0.25) is 0 Å². The summed E-state index contributed by atoms with van der Waals surface area (Å²) < 4.78 is 9.19. The molecule has 0 saturated heterocycles. The number of hydrogen-bond donors (Lipinski definition) is 2. The van der Waals surface area contributed by atoms with Crippen LogP contribution < -0.4 is 15.4 Å². The molecule has 0 aliphatic carbocycles. The lowest BCUT2D eigenvalue weighted by Crippen LogP contribution is -2.38. The van der Waals surface area contributed by atoms with Crippen molar-refractivity contribution in [2.75, 3.05) is 12.4 Å². The van der Waals surface area contributed by atoms with Gasteiger partial charge in [0.2, 0.25) is 5.91 Å². The van der Waals surface area contributed by atoms with Crippen molar-refractivity contribution in [3.8, 4) is 5.75 Å². The van der Waals surface area contributed by atoms with Crippen molar-refractivity contribution < 1.29 is 9.53 Å². The number of benzene rings is 1. The first-order chi connectivity index (χ1) is 11.5. The number of rotatable bonds is 8. The van der Waals surface area contributed by atoms with Crippen LogP contribution >= 0.6 is 11.5 Å². The number of ether oxygens (including phenoxy) is 1. The molecule has 2 N–H and O–H groups in total. The van der Waals surface area contributed by atoms with Crippen molar-refractivity contribution in [1.82, 2.24) is 14.9 Å². The second-order valence-corrected chi connectivity index (χ2v) is 6.63. The number of aromatic nitrogens is 2. The van der Waals surface area contributed by atoms with Crippen molar-refractivity contribution >= 4 is 23.1 Å². The molecular weight excluding hydrogens is 324 g/mol. The minimum Gasteiger partial charge on any atom is -0.497 e. The summed E-state index contributed by atoms with van der Waals surface area (Å²) in [6.45, 7) is 6.58. The molecule has 2 aromatic rings. The normalized spacial score (nSPS) is 12.0. The first kappa shape index (κ1) is 18.2. The quantitative estimate of drug-likeness (QED) is 0.766. The molecule has 0 spiro atoms. The fourth-order valence-corrected chi connectivity index (χ4v) is 3.07. The summed E-state index contributed by atoms with van der Waals surface area (Å²) in [5, 5.41) is 10.4. The van der Waals surface area contributed by atoms with Gasteiger partial charge in [-0.05, 0) is 36.0 Å². The summed E-state index contributed by atoms with van der Waals surface area (Å²) in [7, 11) is 1.62. The van der Waals surface area contributed by atoms with E-state index in [9.17, 15) is 4.79 Å². The van der Waals surface area contributed by atoms with Crippen LogP contribution in [-0.2, 0) is 11.3 Å². The molecule has 1 atom stereocenters. The number of nitrogens with zero attached hydrogens (tertiary/aromatic N) is 2. The molecule has 1 aromatic heterocycles. The minimum atomic E-state index is -0.305. The van der Waals surface area contributed by atoms with Gasteiger partial charge in [0.25, 0.3) is 0 Å². The fraction of sp³-hybridized carbons (Fsp3) is 0.471. The third-order valence-corrected chi connectivity index (χ3v) is 4.43. The third-order valence-electron chi connectivity index (χ3n) is 3.69. The van der Waals surface area contributed by atoms with E-state index in [1.807, 2.05) is 31.2 Å². The molecule has 1 aromatic carbocycles. The molecule has 0 bridgehead atoms. The van der Waals surface area contributed by atoms with Gasteiger partial charge in [-0.2, -0.15) is 0 Å². The van der Waals surface area contributed by atoms with Gasteiger partial charge >= 0.3 is 0 Å². The molecule has 1 amide bonds. The second-order valence-electron chi connectivity index (χ2n) is 5.79. The van der Waals surface area contributed by atoms with Crippen LogP contribution in [0.1, 0.15) is 43.7 Å². The lowest BCUT2D eigenvalue weighted by atomic mass is 10.1. The number of anilines is 1. The van der Waals surface area contributed by atoms with Gasteiger partial charge in [-0.25, -0.2) is 0 Å². The van der Waals surface area contributed by atoms with Crippen LogP contribution in [0.4, 0.5) is 5.69 Å². The molecule has 6 nitrogen and oxygen atoms in total. The van der Waals surface area contributed by atoms with E-state index in [1.165, 1.54) is 11.5 Å².